The summed E-state index contributed by atoms with van der Waals surface area (Å²) in [7, 11) is 0. The number of nitrogens with zero attached hydrogens (tertiary/aromatic N) is 3. The summed E-state index contributed by atoms with van der Waals surface area (Å²) in [5.74, 6) is -1.35. The van der Waals surface area contributed by atoms with Crippen molar-refractivity contribution < 1.29 is 22.8 Å². The summed E-state index contributed by atoms with van der Waals surface area (Å²) in [6, 6.07) is 14.2. The number of carbonyl (C=O) groups excluding carboxylic acids is 2. The van der Waals surface area contributed by atoms with Crippen LogP contribution in [0.3, 0.4) is 0 Å². The van der Waals surface area contributed by atoms with Gasteiger partial charge in [-0.1, -0.05) is 42.5 Å². The lowest BCUT2D eigenvalue weighted by Gasteiger charge is -2.29. The van der Waals surface area contributed by atoms with Crippen LogP contribution < -0.4 is 5.32 Å². The maximum Gasteiger partial charge on any atom is 0.434 e. The minimum Gasteiger partial charge on any atom is -0.343 e. The number of carbonyl (C=O) groups is 2. The van der Waals surface area contributed by atoms with Crippen LogP contribution in [0.15, 0.2) is 54.7 Å². The maximum atomic E-state index is 13.8. The van der Waals surface area contributed by atoms with Crippen molar-refractivity contribution >= 4 is 11.8 Å². The minimum absolute atomic E-state index is 0.224. The van der Waals surface area contributed by atoms with Crippen LogP contribution in [0.5, 0.6) is 0 Å². The standard InChI is InChI=1S/C23H21F3N4O2/c1-15-6-2-5-9-19(15)30-21(23(24,25)26)18(12-28-30)22(32)27-13-20(31)29-11-10-16-7-3-4-8-17(16)14-29/h2-9,12H,10-11,13-14H2,1H3,(H,27,32). The summed E-state index contributed by atoms with van der Waals surface area (Å²) < 4.78 is 42.2. The van der Waals surface area contributed by atoms with Gasteiger partial charge in [0.15, 0.2) is 5.69 Å². The van der Waals surface area contributed by atoms with E-state index < -0.39 is 29.9 Å². The summed E-state index contributed by atoms with van der Waals surface area (Å²) in [6.07, 6.45) is -3.24. The van der Waals surface area contributed by atoms with E-state index in [2.05, 4.69) is 10.4 Å². The number of hydrogen-bond donors (Lipinski definition) is 1. The molecule has 0 spiro atoms. The van der Waals surface area contributed by atoms with Crippen molar-refractivity contribution in [2.24, 2.45) is 0 Å². The zero-order chi connectivity index (χ0) is 22.9. The second kappa shape index (κ2) is 8.49. The molecule has 0 saturated carbocycles. The monoisotopic (exact) mass is 442 g/mol. The highest BCUT2D eigenvalue weighted by Gasteiger charge is 2.40. The molecule has 6 nitrogen and oxygen atoms in total. The molecule has 0 bridgehead atoms. The number of alkyl halides is 3. The number of nitrogens with one attached hydrogen (secondary N) is 1. The Labute approximate surface area is 182 Å². The lowest BCUT2D eigenvalue weighted by atomic mass is 10.00. The van der Waals surface area contributed by atoms with E-state index in [0.29, 0.717) is 29.8 Å². The number of aromatic nitrogens is 2. The highest BCUT2D eigenvalue weighted by atomic mass is 19.4. The lowest BCUT2D eigenvalue weighted by Crippen LogP contribution is -2.42. The third kappa shape index (κ3) is 4.23. The molecule has 0 unspecified atom stereocenters. The van der Waals surface area contributed by atoms with Gasteiger partial charge in [0.25, 0.3) is 5.91 Å². The Morgan fingerprint density at radius 1 is 1.06 bits per heavy atom. The van der Waals surface area contributed by atoms with Crippen molar-refractivity contribution in [2.45, 2.75) is 26.1 Å². The average molecular weight is 442 g/mol. The second-order valence-electron chi connectivity index (χ2n) is 7.62. The number of rotatable bonds is 4. The van der Waals surface area contributed by atoms with Gasteiger partial charge >= 0.3 is 6.18 Å². The number of fused-ring (bicyclic) bond motifs is 1. The first-order valence-electron chi connectivity index (χ1n) is 10.1. The van der Waals surface area contributed by atoms with Crippen molar-refractivity contribution in [3.8, 4) is 5.69 Å². The maximum absolute atomic E-state index is 13.8. The molecule has 32 heavy (non-hydrogen) atoms. The predicted molar refractivity (Wildman–Crippen MR) is 111 cm³/mol. The SMILES string of the molecule is Cc1ccccc1-n1ncc(C(=O)NCC(=O)N2CCc3ccccc3C2)c1C(F)(F)F. The van der Waals surface area contributed by atoms with E-state index in [1.807, 2.05) is 24.3 Å². The van der Waals surface area contributed by atoms with E-state index in [-0.39, 0.29) is 11.6 Å². The van der Waals surface area contributed by atoms with E-state index in [1.165, 1.54) is 11.6 Å². The van der Waals surface area contributed by atoms with Crippen LogP contribution >= 0.6 is 0 Å². The molecule has 9 heteroatoms. The van der Waals surface area contributed by atoms with Gasteiger partial charge in [-0.25, -0.2) is 4.68 Å². The van der Waals surface area contributed by atoms with Crippen molar-refractivity contribution in [1.29, 1.82) is 0 Å². The summed E-state index contributed by atoms with van der Waals surface area (Å²) in [5.41, 5.74) is 1.19. The first kappa shape index (κ1) is 21.6. The Balaban J connectivity index is 1.50. The topological polar surface area (TPSA) is 67.2 Å². The molecule has 1 aliphatic rings. The van der Waals surface area contributed by atoms with Crippen LogP contribution in [0.25, 0.3) is 5.69 Å². The quantitative estimate of drug-likeness (QED) is 0.673. The van der Waals surface area contributed by atoms with Crippen LogP contribution in [0, 0.1) is 6.92 Å². The van der Waals surface area contributed by atoms with Crippen molar-refractivity contribution in [3.63, 3.8) is 0 Å². The Morgan fingerprint density at radius 2 is 1.75 bits per heavy atom. The van der Waals surface area contributed by atoms with Gasteiger partial charge < -0.3 is 10.2 Å². The summed E-state index contributed by atoms with van der Waals surface area (Å²) in [4.78, 5) is 26.7. The number of aryl methyl sites for hydroxylation is 1. The van der Waals surface area contributed by atoms with E-state index >= 15 is 0 Å². The van der Waals surface area contributed by atoms with Gasteiger partial charge in [0, 0.05) is 13.1 Å². The molecular formula is C23H21F3N4O2. The Bertz CT molecular complexity index is 1170. The molecule has 1 N–H and O–H groups in total. The summed E-state index contributed by atoms with van der Waals surface area (Å²) in [6.45, 7) is 2.16. The number of hydrogen-bond acceptors (Lipinski definition) is 3. The molecule has 0 atom stereocenters. The van der Waals surface area contributed by atoms with E-state index in [4.69, 9.17) is 0 Å². The Hall–Kier alpha value is -3.62. The van der Waals surface area contributed by atoms with Gasteiger partial charge in [-0.15, -0.1) is 0 Å². The summed E-state index contributed by atoms with van der Waals surface area (Å²) >= 11 is 0. The molecule has 0 aliphatic carbocycles. The molecule has 3 aromatic rings. The van der Waals surface area contributed by atoms with Crippen LogP contribution in [0.2, 0.25) is 0 Å². The fourth-order valence-electron chi connectivity index (χ4n) is 3.84. The minimum atomic E-state index is -4.81. The third-order valence-corrected chi connectivity index (χ3v) is 5.51. The highest BCUT2D eigenvalue weighted by Crippen LogP contribution is 2.34. The van der Waals surface area contributed by atoms with E-state index in [1.54, 1.807) is 30.0 Å². The zero-order valence-electron chi connectivity index (χ0n) is 17.3. The molecule has 166 valence electrons. The number of para-hydroxylation sites is 1. The van der Waals surface area contributed by atoms with Crippen molar-refractivity contribution in [1.82, 2.24) is 20.0 Å². The second-order valence-corrected chi connectivity index (χ2v) is 7.62. The zero-order valence-corrected chi connectivity index (χ0v) is 17.3. The Kier molecular flexibility index (Phi) is 5.73. The Morgan fingerprint density at radius 3 is 2.47 bits per heavy atom. The smallest absolute Gasteiger partial charge is 0.343 e. The molecule has 0 saturated heterocycles. The van der Waals surface area contributed by atoms with Crippen LogP contribution in [-0.4, -0.2) is 39.6 Å². The molecule has 2 heterocycles. The fraction of sp³-hybridized carbons (Fsp3) is 0.261. The van der Waals surface area contributed by atoms with Gasteiger partial charge in [0.05, 0.1) is 24.0 Å². The molecular weight excluding hydrogens is 421 g/mol. The normalized spacial score (nSPS) is 13.6. The fourth-order valence-corrected chi connectivity index (χ4v) is 3.84. The summed E-state index contributed by atoms with van der Waals surface area (Å²) in [5, 5.41) is 6.15. The predicted octanol–water partition coefficient (Wildman–Crippen LogP) is 3.51. The molecule has 0 fully saturated rings. The van der Waals surface area contributed by atoms with Gasteiger partial charge in [-0.2, -0.15) is 18.3 Å². The first-order chi connectivity index (χ1) is 15.3. The van der Waals surface area contributed by atoms with Gasteiger partial charge in [-0.3, -0.25) is 9.59 Å². The molecule has 2 amide bonds. The van der Waals surface area contributed by atoms with Gasteiger partial charge in [0.1, 0.15) is 0 Å². The number of benzene rings is 2. The van der Waals surface area contributed by atoms with Crippen LogP contribution in [-0.2, 0) is 23.9 Å². The van der Waals surface area contributed by atoms with E-state index in [9.17, 15) is 22.8 Å². The molecule has 4 rings (SSSR count). The number of halogens is 3. The van der Waals surface area contributed by atoms with E-state index in [0.717, 1.165) is 11.8 Å². The molecule has 2 aromatic carbocycles. The molecule has 1 aliphatic heterocycles. The molecule has 1 aromatic heterocycles. The van der Waals surface area contributed by atoms with Gasteiger partial charge in [0.2, 0.25) is 5.91 Å². The van der Waals surface area contributed by atoms with Crippen LogP contribution in [0.4, 0.5) is 13.2 Å². The van der Waals surface area contributed by atoms with Crippen molar-refractivity contribution in [3.05, 3.63) is 82.7 Å². The number of amides is 2. The first-order valence-corrected chi connectivity index (χ1v) is 10.1. The average Bonchev–Trinajstić information content (AvgIpc) is 3.23. The molecule has 0 radical (unpaired) electrons. The third-order valence-electron chi connectivity index (χ3n) is 5.51. The lowest BCUT2D eigenvalue weighted by molar-refractivity contribution is -0.143. The largest absolute Gasteiger partial charge is 0.434 e. The van der Waals surface area contributed by atoms with Crippen molar-refractivity contribution in [2.75, 3.05) is 13.1 Å². The highest BCUT2D eigenvalue weighted by molar-refractivity contribution is 5.97. The van der Waals surface area contributed by atoms with Crippen LogP contribution in [0.1, 0.15) is 32.7 Å². The van der Waals surface area contributed by atoms with Gasteiger partial charge in [-0.05, 0) is 36.1 Å².